The first-order chi connectivity index (χ1) is 16.6. The number of likely N-dealkylation sites (N-methyl/N-ethyl adjacent to an activating group) is 1. The highest BCUT2D eigenvalue weighted by Crippen LogP contribution is 2.30. The van der Waals surface area contributed by atoms with E-state index < -0.39 is 22.0 Å². The molecule has 3 rings (SSSR count). The van der Waals surface area contributed by atoms with Gasteiger partial charge in [-0.3, -0.25) is 14.4 Å². The van der Waals surface area contributed by atoms with Gasteiger partial charge in [-0.25, -0.2) is 12.7 Å². The van der Waals surface area contributed by atoms with Crippen molar-refractivity contribution >= 4 is 50.9 Å². The Balaban J connectivity index is 1.75. The summed E-state index contributed by atoms with van der Waals surface area (Å²) < 4.78 is 26.3. The summed E-state index contributed by atoms with van der Waals surface area (Å²) in [5.74, 6) is -1.22. The first-order valence-corrected chi connectivity index (χ1v) is 13.5. The summed E-state index contributed by atoms with van der Waals surface area (Å²) in [6.45, 7) is 4.00. The van der Waals surface area contributed by atoms with Crippen LogP contribution in [0.25, 0.3) is 0 Å². The number of rotatable bonds is 10. The topological polar surface area (TPSA) is 104 Å². The average Bonchev–Trinajstić information content (AvgIpc) is 3.02. The van der Waals surface area contributed by atoms with Gasteiger partial charge in [0.1, 0.15) is 10.9 Å². The highest BCUT2D eigenvalue weighted by Gasteiger charge is 2.40. The highest BCUT2D eigenvalue weighted by molar-refractivity contribution is 7.90. The zero-order chi connectivity index (χ0) is 25.8. The zero-order valence-corrected chi connectivity index (χ0v) is 21.8. The molecule has 0 aromatic heterocycles. The van der Waals surface area contributed by atoms with Gasteiger partial charge in [0.2, 0.25) is 11.8 Å². The fourth-order valence-corrected chi connectivity index (χ4v) is 5.94. The van der Waals surface area contributed by atoms with E-state index in [0.717, 1.165) is 4.31 Å². The van der Waals surface area contributed by atoms with E-state index in [4.69, 9.17) is 23.2 Å². The summed E-state index contributed by atoms with van der Waals surface area (Å²) in [5.41, 5.74) is 0.825. The first-order valence-electron chi connectivity index (χ1n) is 11.3. The molecule has 3 amide bonds. The van der Waals surface area contributed by atoms with Crippen LogP contribution in [0, 0.1) is 0 Å². The van der Waals surface area contributed by atoms with E-state index in [1.807, 2.05) is 6.92 Å². The molecule has 0 unspecified atom stereocenters. The molecule has 1 atom stereocenters. The molecule has 2 aromatic carbocycles. The molecule has 0 aliphatic carbocycles. The molecule has 0 bridgehead atoms. The third kappa shape index (κ3) is 5.79. The van der Waals surface area contributed by atoms with Crippen molar-refractivity contribution in [3.63, 3.8) is 0 Å². The largest absolute Gasteiger partial charge is 0.355 e. The number of benzene rings is 2. The SMILES string of the molecule is CCNC(=O)[C@@H](CC)N(Cc1ccc(Cl)c(Cl)c1)C(=O)CCCN1C(=O)c2ccccc2S1(=O)=O. The summed E-state index contributed by atoms with van der Waals surface area (Å²) >= 11 is 12.1. The lowest BCUT2D eigenvalue weighted by Crippen LogP contribution is -2.49. The Morgan fingerprint density at radius 1 is 1.09 bits per heavy atom. The van der Waals surface area contributed by atoms with E-state index in [9.17, 15) is 22.8 Å². The second-order valence-corrected chi connectivity index (χ2v) is 10.7. The van der Waals surface area contributed by atoms with Crippen LogP contribution >= 0.6 is 23.2 Å². The van der Waals surface area contributed by atoms with E-state index >= 15 is 0 Å². The number of nitrogens with zero attached hydrogens (tertiary/aromatic N) is 2. The van der Waals surface area contributed by atoms with Gasteiger partial charge in [-0.2, -0.15) is 0 Å². The molecule has 0 fully saturated rings. The van der Waals surface area contributed by atoms with Crippen molar-refractivity contribution in [2.45, 2.75) is 50.6 Å². The quantitative estimate of drug-likeness (QED) is 0.493. The molecule has 0 radical (unpaired) electrons. The van der Waals surface area contributed by atoms with Crippen LogP contribution in [0.15, 0.2) is 47.4 Å². The third-order valence-corrected chi connectivity index (χ3v) is 8.32. The van der Waals surface area contributed by atoms with Crippen molar-refractivity contribution in [1.29, 1.82) is 0 Å². The van der Waals surface area contributed by atoms with Crippen LogP contribution in [-0.4, -0.2) is 54.5 Å². The fraction of sp³-hybridized carbons (Fsp3) is 0.375. The smallest absolute Gasteiger partial charge is 0.269 e. The number of sulfonamides is 1. The molecule has 2 aromatic rings. The normalized spacial score (nSPS) is 15.0. The minimum Gasteiger partial charge on any atom is -0.355 e. The fourth-order valence-electron chi connectivity index (χ4n) is 4.02. The second-order valence-electron chi connectivity index (χ2n) is 8.07. The molecule has 1 aliphatic rings. The Labute approximate surface area is 215 Å². The minimum absolute atomic E-state index is 0.0279. The van der Waals surface area contributed by atoms with Crippen LogP contribution in [0.4, 0.5) is 0 Å². The van der Waals surface area contributed by atoms with E-state index in [0.29, 0.717) is 28.6 Å². The van der Waals surface area contributed by atoms with Crippen LogP contribution in [-0.2, 0) is 26.2 Å². The predicted molar refractivity (Wildman–Crippen MR) is 134 cm³/mol. The van der Waals surface area contributed by atoms with E-state index in [1.54, 1.807) is 37.3 Å². The van der Waals surface area contributed by atoms with E-state index in [1.165, 1.54) is 17.0 Å². The van der Waals surface area contributed by atoms with Gasteiger partial charge in [0.05, 0.1) is 15.6 Å². The number of halogens is 2. The van der Waals surface area contributed by atoms with E-state index in [2.05, 4.69) is 5.32 Å². The molecular formula is C24H27Cl2N3O5S. The summed E-state index contributed by atoms with van der Waals surface area (Å²) in [6, 6.07) is 10.3. The van der Waals surface area contributed by atoms with Crippen molar-refractivity contribution in [2.75, 3.05) is 13.1 Å². The van der Waals surface area contributed by atoms with Crippen molar-refractivity contribution in [1.82, 2.24) is 14.5 Å². The Kier molecular flexibility index (Phi) is 8.79. The number of fused-ring (bicyclic) bond motifs is 1. The van der Waals surface area contributed by atoms with Gasteiger partial charge in [0.25, 0.3) is 15.9 Å². The van der Waals surface area contributed by atoms with Gasteiger partial charge in [0.15, 0.2) is 0 Å². The maximum absolute atomic E-state index is 13.3. The third-order valence-electron chi connectivity index (χ3n) is 5.74. The van der Waals surface area contributed by atoms with Crippen molar-refractivity contribution in [2.24, 2.45) is 0 Å². The number of hydrogen-bond donors (Lipinski definition) is 1. The van der Waals surface area contributed by atoms with Crippen LogP contribution in [0.3, 0.4) is 0 Å². The van der Waals surface area contributed by atoms with Gasteiger partial charge in [0, 0.05) is 26.1 Å². The Morgan fingerprint density at radius 3 is 2.43 bits per heavy atom. The summed E-state index contributed by atoms with van der Waals surface area (Å²) in [7, 11) is -3.95. The molecule has 0 spiro atoms. The lowest BCUT2D eigenvalue weighted by molar-refractivity contribution is -0.141. The van der Waals surface area contributed by atoms with Crippen molar-refractivity contribution in [3.05, 3.63) is 63.6 Å². The van der Waals surface area contributed by atoms with Gasteiger partial charge in [-0.1, -0.05) is 48.3 Å². The van der Waals surface area contributed by atoms with Gasteiger partial charge >= 0.3 is 0 Å². The molecule has 11 heteroatoms. The van der Waals surface area contributed by atoms with E-state index in [-0.39, 0.29) is 48.2 Å². The zero-order valence-electron chi connectivity index (χ0n) is 19.5. The number of amides is 3. The molecule has 0 saturated carbocycles. The molecule has 0 saturated heterocycles. The van der Waals surface area contributed by atoms with Gasteiger partial charge in [-0.15, -0.1) is 0 Å². The molecular weight excluding hydrogens is 513 g/mol. The number of carbonyl (C=O) groups is 3. The lowest BCUT2D eigenvalue weighted by atomic mass is 10.1. The molecule has 1 N–H and O–H groups in total. The molecule has 35 heavy (non-hydrogen) atoms. The van der Waals surface area contributed by atoms with Crippen LogP contribution in [0.2, 0.25) is 10.0 Å². The van der Waals surface area contributed by atoms with Crippen molar-refractivity contribution < 1.29 is 22.8 Å². The Hall–Kier alpha value is -2.62. The average molecular weight is 540 g/mol. The summed E-state index contributed by atoms with van der Waals surface area (Å²) in [5, 5.41) is 3.46. The molecule has 188 valence electrons. The van der Waals surface area contributed by atoms with Gasteiger partial charge < -0.3 is 10.2 Å². The second kappa shape index (κ2) is 11.4. The molecule has 1 aliphatic heterocycles. The maximum Gasteiger partial charge on any atom is 0.269 e. The Bertz CT molecular complexity index is 1240. The summed E-state index contributed by atoms with van der Waals surface area (Å²) in [4.78, 5) is 40.0. The lowest BCUT2D eigenvalue weighted by Gasteiger charge is -2.31. The van der Waals surface area contributed by atoms with Crippen LogP contribution in [0.1, 0.15) is 49.0 Å². The number of nitrogens with one attached hydrogen (secondary N) is 1. The maximum atomic E-state index is 13.3. The number of hydrogen-bond acceptors (Lipinski definition) is 5. The first kappa shape index (κ1) is 27.0. The highest BCUT2D eigenvalue weighted by atomic mass is 35.5. The van der Waals surface area contributed by atoms with Crippen LogP contribution < -0.4 is 5.32 Å². The Morgan fingerprint density at radius 2 is 1.80 bits per heavy atom. The van der Waals surface area contributed by atoms with Crippen molar-refractivity contribution in [3.8, 4) is 0 Å². The predicted octanol–water partition coefficient (Wildman–Crippen LogP) is 3.86. The number of carbonyl (C=O) groups excluding carboxylic acids is 3. The standard InChI is InChI=1S/C24H27Cl2N3O5S/c1-3-20(23(31)27-4-2)28(15-16-11-12-18(25)19(26)14-16)22(30)10-7-13-29-24(32)17-8-5-6-9-21(17)35(29,33)34/h5-6,8-9,11-12,14,20H,3-4,7,10,13,15H2,1-2H3,(H,27,31)/t20-/m1/s1. The van der Waals surface area contributed by atoms with Gasteiger partial charge in [-0.05, 0) is 49.6 Å². The van der Waals surface area contributed by atoms with Crippen LogP contribution in [0.5, 0.6) is 0 Å². The monoisotopic (exact) mass is 539 g/mol. The molecule has 1 heterocycles. The molecule has 8 nitrogen and oxygen atoms in total. The minimum atomic E-state index is -3.95. The summed E-state index contributed by atoms with van der Waals surface area (Å²) in [6.07, 6.45) is 0.446.